The molecule has 0 spiro atoms. The Morgan fingerprint density at radius 2 is 2.08 bits per heavy atom. The van der Waals surface area contributed by atoms with Crippen molar-refractivity contribution < 1.29 is 38.9 Å². The molecule has 3 saturated heterocycles. The first-order valence-electron chi connectivity index (χ1n) is 7.85. The van der Waals surface area contributed by atoms with Crippen molar-refractivity contribution in [1.29, 1.82) is 0 Å². The van der Waals surface area contributed by atoms with Gasteiger partial charge in [-0.3, -0.25) is 9.59 Å². The molecule has 3 heterocycles. The number of oxime groups is 1. The normalized spacial score (nSPS) is 33.3. The molecule has 0 saturated carbocycles. The Labute approximate surface area is 152 Å². The highest BCUT2D eigenvalue weighted by molar-refractivity contribution is 8.00. The Morgan fingerprint density at radius 1 is 1.42 bits per heavy atom. The van der Waals surface area contributed by atoms with Gasteiger partial charge in [0, 0.05) is 5.75 Å². The van der Waals surface area contributed by atoms with Crippen molar-refractivity contribution in [3.05, 3.63) is 0 Å². The molecule has 0 aliphatic carbocycles. The summed E-state index contributed by atoms with van der Waals surface area (Å²) in [6.45, 7) is 2.07. The number of nitrogens with zero attached hydrogens (tertiary/aromatic N) is 2. The number of rotatable bonds is 5. The lowest BCUT2D eigenvalue weighted by molar-refractivity contribution is -0.167. The van der Waals surface area contributed by atoms with E-state index in [9.17, 15) is 24.6 Å². The van der Waals surface area contributed by atoms with Crippen molar-refractivity contribution in [2.75, 3.05) is 26.1 Å². The van der Waals surface area contributed by atoms with Gasteiger partial charge in [0.05, 0.1) is 19.3 Å². The van der Waals surface area contributed by atoms with Gasteiger partial charge in [0.1, 0.15) is 18.5 Å². The number of β-lactam (4-membered cyclic amide) rings is 1. The Bertz CT molecular complexity index is 650. The third-order valence-electron chi connectivity index (χ3n) is 4.39. The van der Waals surface area contributed by atoms with E-state index >= 15 is 0 Å². The molecule has 4 atom stereocenters. The summed E-state index contributed by atoms with van der Waals surface area (Å²) in [6.07, 6.45) is -1.17. The quantitative estimate of drug-likeness (QED) is 0.275. The van der Waals surface area contributed by atoms with Gasteiger partial charge in [0.15, 0.2) is 6.04 Å². The molecule has 12 heteroatoms. The minimum Gasteiger partial charge on any atom is -0.480 e. The predicted octanol–water partition coefficient (Wildman–Crippen LogP) is -2.03. The average Bonchev–Trinajstić information content (AvgIpc) is 3.04. The maximum absolute atomic E-state index is 12.6. The minimum absolute atomic E-state index is 0.140. The van der Waals surface area contributed by atoms with E-state index in [4.69, 9.17) is 9.47 Å². The SMILES string of the molecule is CON=C(C(=O)NC1C(=O)N2C(C(=O)O)C(O)CS[C@H]12)C1(C)OCCO1. The van der Waals surface area contributed by atoms with Crippen LogP contribution < -0.4 is 5.32 Å². The Hall–Kier alpha value is -1.89. The van der Waals surface area contributed by atoms with Crippen molar-refractivity contribution in [2.24, 2.45) is 5.16 Å². The van der Waals surface area contributed by atoms with Crippen molar-refractivity contribution in [3.8, 4) is 0 Å². The topological polar surface area (TPSA) is 147 Å². The second kappa shape index (κ2) is 7.02. The number of nitrogens with one attached hydrogen (secondary N) is 1. The third-order valence-corrected chi connectivity index (χ3v) is 5.76. The van der Waals surface area contributed by atoms with Crippen molar-refractivity contribution in [2.45, 2.75) is 36.3 Å². The van der Waals surface area contributed by atoms with Gasteiger partial charge in [-0.15, -0.1) is 11.8 Å². The van der Waals surface area contributed by atoms with Gasteiger partial charge >= 0.3 is 5.97 Å². The first kappa shape index (κ1) is 18.9. The smallest absolute Gasteiger partial charge is 0.329 e. The predicted molar refractivity (Wildman–Crippen MR) is 87.2 cm³/mol. The first-order valence-corrected chi connectivity index (χ1v) is 8.90. The van der Waals surface area contributed by atoms with Crippen LogP contribution >= 0.6 is 11.8 Å². The standard InChI is InChI=1S/C14H19N3O8S/c1-14(24-3-4-25-14)9(16-23-2)10(19)15-7-11(20)17-8(13(21)22)6(18)5-26-12(7)17/h6-8,12,18H,3-5H2,1-2H3,(H,15,19)(H,21,22)/t6?,7?,8?,12-/m1/s1. The molecule has 0 aromatic heterocycles. The second-order valence-corrected chi connectivity index (χ2v) is 7.19. The highest BCUT2D eigenvalue weighted by Gasteiger charge is 2.58. The van der Waals surface area contributed by atoms with Crippen LogP contribution in [0.25, 0.3) is 0 Å². The largest absolute Gasteiger partial charge is 0.480 e. The van der Waals surface area contributed by atoms with Crippen LogP contribution in [0.5, 0.6) is 0 Å². The Balaban J connectivity index is 1.73. The Morgan fingerprint density at radius 3 is 2.65 bits per heavy atom. The summed E-state index contributed by atoms with van der Waals surface area (Å²) < 4.78 is 10.8. The summed E-state index contributed by atoms with van der Waals surface area (Å²) in [7, 11) is 1.26. The van der Waals surface area contributed by atoms with Gasteiger partial charge < -0.3 is 34.7 Å². The van der Waals surface area contributed by atoms with Gasteiger partial charge in [0.25, 0.3) is 5.91 Å². The number of aliphatic carboxylic acids is 1. The average molecular weight is 389 g/mol. The van der Waals surface area contributed by atoms with Gasteiger partial charge in [-0.05, 0) is 6.92 Å². The summed E-state index contributed by atoms with van der Waals surface area (Å²) in [6, 6.07) is -2.26. The molecule has 3 fully saturated rings. The van der Waals surface area contributed by atoms with Gasteiger partial charge in [0.2, 0.25) is 17.4 Å². The number of hydrogen-bond donors (Lipinski definition) is 3. The molecule has 0 radical (unpaired) electrons. The monoisotopic (exact) mass is 389 g/mol. The second-order valence-electron chi connectivity index (χ2n) is 6.04. The zero-order chi connectivity index (χ0) is 19.1. The minimum atomic E-state index is -1.40. The summed E-state index contributed by atoms with van der Waals surface area (Å²) >= 11 is 1.20. The van der Waals surface area contributed by atoms with Crippen molar-refractivity contribution in [1.82, 2.24) is 10.2 Å². The molecule has 3 rings (SSSR count). The van der Waals surface area contributed by atoms with E-state index in [0.717, 1.165) is 4.90 Å². The fraction of sp³-hybridized carbons (Fsp3) is 0.714. The van der Waals surface area contributed by atoms with Crippen LogP contribution in [0.1, 0.15) is 6.92 Å². The molecule has 0 bridgehead atoms. The molecule has 3 unspecified atom stereocenters. The van der Waals surface area contributed by atoms with E-state index < -0.39 is 47.1 Å². The molecular formula is C14H19N3O8S. The summed E-state index contributed by atoms with van der Waals surface area (Å²) in [5, 5.41) is 24.7. The number of amides is 2. The van der Waals surface area contributed by atoms with E-state index in [1.807, 2.05) is 0 Å². The first-order chi connectivity index (χ1) is 12.3. The lowest BCUT2D eigenvalue weighted by Crippen LogP contribution is -2.77. The number of aliphatic hydroxyl groups is 1. The van der Waals surface area contributed by atoms with Crippen LogP contribution in [-0.2, 0) is 28.7 Å². The van der Waals surface area contributed by atoms with Crippen molar-refractivity contribution in [3.63, 3.8) is 0 Å². The zero-order valence-corrected chi connectivity index (χ0v) is 14.9. The molecule has 3 aliphatic heterocycles. The molecule has 26 heavy (non-hydrogen) atoms. The van der Waals surface area contributed by atoms with E-state index in [-0.39, 0.29) is 24.7 Å². The molecule has 144 valence electrons. The number of aliphatic hydroxyl groups excluding tert-OH is 1. The van der Waals surface area contributed by atoms with Crippen LogP contribution in [0.2, 0.25) is 0 Å². The van der Waals surface area contributed by atoms with Gasteiger partial charge in [-0.1, -0.05) is 5.16 Å². The van der Waals surface area contributed by atoms with Crippen LogP contribution in [0, 0.1) is 0 Å². The maximum atomic E-state index is 12.6. The molecule has 11 nitrogen and oxygen atoms in total. The number of fused-ring (bicyclic) bond motifs is 1. The van der Waals surface area contributed by atoms with E-state index in [1.165, 1.54) is 25.8 Å². The number of hydrogen-bond acceptors (Lipinski definition) is 9. The van der Waals surface area contributed by atoms with Crippen LogP contribution in [0.15, 0.2) is 5.16 Å². The zero-order valence-electron chi connectivity index (χ0n) is 14.1. The van der Waals surface area contributed by atoms with Crippen LogP contribution in [-0.4, -0.2) is 94.0 Å². The number of carbonyl (C=O) groups is 3. The van der Waals surface area contributed by atoms with Gasteiger partial charge in [-0.25, -0.2) is 4.79 Å². The highest BCUT2D eigenvalue weighted by atomic mass is 32.2. The number of carboxylic acids is 1. The van der Waals surface area contributed by atoms with Crippen molar-refractivity contribution >= 4 is 35.3 Å². The lowest BCUT2D eigenvalue weighted by atomic mass is 9.99. The third kappa shape index (κ3) is 3.02. The summed E-state index contributed by atoms with van der Waals surface area (Å²) in [4.78, 5) is 42.0. The van der Waals surface area contributed by atoms with E-state index in [2.05, 4.69) is 15.3 Å². The number of carboxylic acid groups (broad SMARTS) is 1. The highest BCUT2D eigenvalue weighted by Crippen LogP contribution is 2.38. The summed E-state index contributed by atoms with van der Waals surface area (Å²) in [5.41, 5.74) is -0.181. The van der Waals surface area contributed by atoms with Gasteiger partial charge in [-0.2, -0.15) is 0 Å². The fourth-order valence-electron chi connectivity index (χ4n) is 3.13. The maximum Gasteiger partial charge on any atom is 0.329 e. The molecule has 3 aliphatic rings. The molecular weight excluding hydrogens is 370 g/mol. The molecule has 0 aromatic rings. The van der Waals surface area contributed by atoms with Crippen LogP contribution in [0.3, 0.4) is 0 Å². The number of thioether (sulfide) groups is 1. The number of carbonyl (C=O) groups excluding carboxylic acids is 2. The molecule has 2 amide bonds. The van der Waals surface area contributed by atoms with E-state index in [0.29, 0.717) is 0 Å². The Kier molecular flexibility index (Phi) is 5.10. The number of ether oxygens (including phenoxy) is 2. The van der Waals surface area contributed by atoms with E-state index in [1.54, 1.807) is 0 Å². The molecule has 3 N–H and O–H groups in total. The summed E-state index contributed by atoms with van der Waals surface area (Å²) in [5.74, 6) is -3.85. The molecule has 0 aromatic carbocycles. The lowest BCUT2D eigenvalue weighted by Gasteiger charge is -2.53. The fourth-order valence-corrected chi connectivity index (χ4v) is 4.48. The van der Waals surface area contributed by atoms with Crippen LogP contribution in [0.4, 0.5) is 0 Å².